The molecule has 0 saturated heterocycles. The molecule has 1 aromatic heterocycles. The van der Waals surface area contributed by atoms with Gasteiger partial charge in [-0.1, -0.05) is 6.92 Å². The summed E-state index contributed by atoms with van der Waals surface area (Å²) in [6, 6.07) is 0.299. The molecule has 1 atom stereocenters. The van der Waals surface area contributed by atoms with E-state index in [1.54, 1.807) is 4.68 Å². The molecule has 0 aromatic carbocycles. The maximum Gasteiger partial charge on any atom is 0.270 e. The molecule has 0 fully saturated rings. The van der Waals surface area contributed by atoms with Crippen molar-refractivity contribution in [3.63, 3.8) is 0 Å². The average Bonchev–Trinajstić information content (AvgIpc) is 2.56. The van der Waals surface area contributed by atoms with E-state index in [2.05, 4.69) is 18.9 Å². The zero-order valence-electron chi connectivity index (χ0n) is 8.97. The third-order valence-corrected chi connectivity index (χ3v) is 3.23. The van der Waals surface area contributed by atoms with Crippen LogP contribution in [0.1, 0.15) is 50.4 Å². The summed E-state index contributed by atoms with van der Waals surface area (Å²) in [4.78, 5) is 11.9. The molecule has 1 heterocycles. The van der Waals surface area contributed by atoms with Crippen LogP contribution in [0.25, 0.3) is 0 Å². The van der Waals surface area contributed by atoms with Crippen LogP contribution in [0.2, 0.25) is 0 Å². The minimum atomic E-state index is 0.217. The van der Waals surface area contributed by atoms with Crippen molar-refractivity contribution in [3.8, 4) is 0 Å². The van der Waals surface area contributed by atoms with E-state index >= 15 is 0 Å². The van der Waals surface area contributed by atoms with Crippen molar-refractivity contribution in [2.75, 3.05) is 0 Å². The molecule has 2 rings (SSSR count). The molecular formula is C11H18N2O. The van der Waals surface area contributed by atoms with Gasteiger partial charge in [-0.15, -0.1) is 0 Å². The summed E-state index contributed by atoms with van der Waals surface area (Å²) in [5, 5.41) is 3.26. The molecule has 1 aromatic rings. The fourth-order valence-corrected chi connectivity index (χ4v) is 2.10. The zero-order valence-corrected chi connectivity index (χ0v) is 8.97. The monoisotopic (exact) mass is 194 g/mol. The molecular weight excluding hydrogens is 176 g/mol. The van der Waals surface area contributed by atoms with Gasteiger partial charge in [0, 0.05) is 11.3 Å². The molecule has 1 aliphatic carbocycles. The summed E-state index contributed by atoms with van der Waals surface area (Å²) >= 11 is 0. The van der Waals surface area contributed by atoms with Gasteiger partial charge in [-0.2, -0.15) is 0 Å². The van der Waals surface area contributed by atoms with Crippen molar-refractivity contribution < 1.29 is 0 Å². The topological polar surface area (TPSA) is 37.8 Å². The first kappa shape index (κ1) is 9.56. The molecule has 0 spiro atoms. The highest BCUT2D eigenvalue weighted by molar-refractivity contribution is 5.20. The molecule has 78 valence electrons. The number of aryl methyl sites for hydroxylation is 1. The fraction of sp³-hybridized carbons (Fsp3) is 0.727. The second-order valence-electron chi connectivity index (χ2n) is 4.21. The Bertz CT molecular complexity index is 375. The zero-order chi connectivity index (χ0) is 10.1. The average molecular weight is 194 g/mol. The van der Waals surface area contributed by atoms with Gasteiger partial charge >= 0.3 is 0 Å². The van der Waals surface area contributed by atoms with Gasteiger partial charge in [0.25, 0.3) is 5.56 Å². The highest BCUT2D eigenvalue weighted by atomic mass is 16.1. The van der Waals surface area contributed by atoms with Crippen molar-refractivity contribution in [2.45, 2.75) is 52.0 Å². The van der Waals surface area contributed by atoms with Crippen LogP contribution in [-0.2, 0) is 12.8 Å². The van der Waals surface area contributed by atoms with E-state index in [4.69, 9.17) is 0 Å². The smallest absolute Gasteiger partial charge is 0.270 e. The maximum absolute atomic E-state index is 11.9. The van der Waals surface area contributed by atoms with Crippen molar-refractivity contribution in [2.24, 2.45) is 0 Å². The Balaban J connectivity index is 2.43. The minimum Gasteiger partial charge on any atom is -0.299 e. The van der Waals surface area contributed by atoms with E-state index in [0.717, 1.165) is 24.8 Å². The SMILES string of the molecule is CCC(C)n1[nH]c2c(c1=O)CCCC2. The van der Waals surface area contributed by atoms with Crippen LogP contribution >= 0.6 is 0 Å². The third kappa shape index (κ3) is 1.41. The van der Waals surface area contributed by atoms with E-state index in [0.29, 0.717) is 6.04 Å². The minimum absolute atomic E-state index is 0.217. The first-order valence-electron chi connectivity index (χ1n) is 5.56. The number of nitrogens with one attached hydrogen (secondary N) is 1. The Morgan fingerprint density at radius 2 is 2.14 bits per heavy atom. The van der Waals surface area contributed by atoms with Gasteiger partial charge < -0.3 is 0 Å². The van der Waals surface area contributed by atoms with Crippen LogP contribution in [0.15, 0.2) is 4.79 Å². The summed E-state index contributed by atoms with van der Waals surface area (Å²) in [7, 11) is 0. The summed E-state index contributed by atoms with van der Waals surface area (Å²) in [5.74, 6) is 0. The molecule has 3 nitrogen and oxygen atoms in total. The van der Waals surface area contributed by atoms with Crippen LogP contribution in [0, 0.1) is 0 Å². The van der Waals surface area contributed by atoms with Crippen molar-refractivity contribution in [3.05, 3.63) is 21.6 Å². The summed E-state index contributed by atoms with van der Waals surface area (Å²) in [5.41, 5.74) is 2.44. The molecule has 14 heavy (non-hydrogen) atoms. The number of hydrogen-bond donors (Lipinski definition) is 1. The van der Waals surface area contributed by atoms with Gasteiger partial charge in [0.15, 0.2) is 0 Å². The third-order valence-electron chi connectivity index (χ3n) is 3.23. The summed E-state index contributed by atoms with van der Waals surface area (Å²) < 4.78 is 1.80. The molecule has 0 amide bonds. The Hall–Kier alpha value is -0.990. The number of hydrogen-bond acceptors (Lipinski definition) is 1. The molecule has 0 aliphatic heterocycles. The Kier molecular flexibility index (Phi) is 2.48. The first-order chi connectivity index (χ1) is 6.74. The van der Waals surface area contributed by atoms with Crippen LogP contribution < -0.4 is 5.56 Å². The Labute approximate surface area is 84.1 Å². The molecule has 3 heteroatoms. The quantitative estimate of drug-likeness (QED) is 0.768. The molecule has 1 unspecified atom stereocenters. The number of nitrogens with zero attached hydrogens (tertiary/aromatic N) is 1. The van der Waals surface area contributed by atoms with Gasteiger partial charge in [0.1, 0.15) is 0 Å². The highest BCUT2D eigenvalue weighted by Crippen LogP contribution is 2.17. The second kappa shape index (κ2) is 3.64. The predicted octanol–water partition coefficient (Wildman–Crippen LogP) is 2.03. The summed E-state index contributed by atoms with van der Waals surface area (Å²) in [6.45, 7) is 4.19. The molecule has 0 bridgehead atoms. The van der Waals surface area contributed by atoms with Crippen LogP contribution in [0.5, 0.6) is 0 Å². The van der Waals surface area contributed by atoms with Crippen LogP contribution in [0.3, 0.4) is 0 Å². The van der Waals surface area contributed by atoms with E-state index in [9.17, 15) is 4.79 Å². The Morgan fingerprint density at radius 1 is 1.43 bits per heavy atom. The van der Waals surface area contributed by atoms with E-state index in [-0.39, 0.29) is 5.56 Å². The van der Waals surface area contributed by atoms with E-state index in [1.807, 2.05) is 0 Å². The lowest BCUT2D eigenvalue weighted by molar-refractivity contribution is 0.461. The molecule has 1 aliphatic rings. The lowest BCUT2D eigenvalue weighted by Crippen LogP contribution is -2.22. The number of rotatable bonds is 2. The van der Waals surface area contributed by atoms with Crippen LogP contribution in [0.4, 0.5) is 0 Å². The Morgan fingerprint density at radius 3 is 2.79 bits per heavy atom. The van der Waals surface area contributed by atoms with Gasteiger partial charge in [-0.05, 0) is 39.0 Å². The fourth-order valence-electron chi connectivity index (χ4n) is 2.10. The number of aromatic nitrogens is 2. The molecule has 0 saturated carbocycles. The van der Waals surface area contributed by atoms with Crippen molar-refractivity contribution in [1.82, 2.24) is 9.78 Å². The van der Waals surface area contributed by atoms with Gasteiger partial charge in [-0.25, -0.2) is 4.68 Å². The largest absolute Gasteiger partial charge is 0.299 e. The molecule has 1 N–H and O–H groups in total. The van der Waals surface area contributed by atoms with Gasteiger partial charge in [0.05, 0.1) is 6.04 Å². The molecule has 0 radical (unpaired) electrons. The highest BCUT2D eigenvalue weighted by Gasteiger charge is 2.18. The first-order valence-corrected chi connectivity index (χ1v) is 5.56. The normalized spacial score (nSPS) is 17.9. The van der Waals surface area contributed by atoms with Gasteiger partial charge in [0.2, 0.25) is 0 Å². The van der Waals surface area contributed by atoms with Gasteiger partial charge in [-0.3, -0.25) is 9.89 Å². The van der Waals surface area contributed by atoms with E-state index in [1.165, 1.54) is 18.5 Å². The maximum atomic E-state index is 11.9. The second-order valence-corrected chi connectivity index (χ2v) is 4.21. The van der Waals surface area contributed by atoms with Crippen LogP contribution in [-0.4, -0.2) is 9.78 Å². The summed E-state index contributed by atoms with van der Waals surface area (Å²) in [6.07, 6.45) is 5.40. The lowest BCUT2D eigenvalue weighted by atomic mass is 9.98. The standard InChI is InChI=1S/C11H18N2O/c1-3-8(2)13-11(14)9-6-4-5-7-10(9)12-13/h8,12H,3-7H2,1-2H3. The number of aromatic amines is 1. The lowest BCUT2D eigenvalue weighted by Gasteiger charge is -2.09. The number of H-pyrrole nitrogens is 1. The predicted molar refractivity (Wildman–Crippen MR) is 56.7 cm³/mol. The van der Waals surface area contributed by atoms with E-state index < -0.39 is 0 Å². The van der Waals surface area contributed by atoms with Crippen molar-refractivity contribution >= 4 is 0 Å². The van der Waals surface area contributed by atoms with Crippen molar-refractivity contribution in [1.29, 1.82) is 0 Å². The number of fused-ring (bicyclic) bond motifs is 1.